The van der Waals surface area contributed by atoms with Crippen LogP contribution < -0.4 is 14.4 Å². The zero-order valence-corrected chi connectivity index (χ0v) is 23.3. The van der Waals surface area contributed by atoms with Gasteiger partial charge in [0.05, 0.1) is 17.7 Å². The molecule has 0 aliphatic rings. The van der Waals surface area contributed by atoms with Gasteiger partial charge in [0.25, 0.3) is 10.0 Å². The highest BCUT2D eigenvalue weighted by Gasteiger charge is 2.33. The number of rotatable bonds is 12. The van der Waals surface area contributed by atoms with Crippen molar-refractivity contribution in [3.63, 3.8) is 0 Å². The van der Waals surface area contributed by atoms with Gasteiger partial charge in [-0.05, 0) is 54.8 Å². The van der Waals surface area contributed by atoms with Crippen molar-refractivity contribution in [3.8, 4) is 5.75 Å². The van der Waals surface area contributed by atoms with E-state index in [0.29, 0.717) is 17.9 Å². The van der Waals surface area contributed by atoms with Gasteiger partial charge in [0.2, 0.25) is 11.8 Å². The van der Waals surface area contributed by atoms with Crippen LogP contribution in [0.1, 0.15) is 26.3 Å². The lowest BCUT2D eigenvalue weighted by Crippen LogP contribution is -2.51. The maximum Gasteiger partial charge on any atom is 0.264 e. The molecule has 3 aromatic carbocycles. The number of para-hydroxylation sites is 1. The van der Waals surface area contributed by atoms with Crippen LogP contribution in [0, 0.1) is 11.7 Å². The molecule has 1 N–H and O–H groups in total. The Morgan fingerprint density at radius 3 is 2.26 bits per heavy atom. The van der Waals surface area contributed by atoms with Gasteiger partial charge in [-0.2, -0.15) is 0 Å². The van der Waals surface area contributed by atoms with Gasteiger partial charge in [-0.1, -0.05) is 56.3 Å². The lowest BCUT2D eigenvalue weighted by Gasteiger charge is -2.32. The summed E-state index contributed by atoms with van der Waals surface area (Å²) in [5, 5.41) is 2.83. The molecule has 0 unspecified atom stereocenters. The van der Waals surface area contributed by atoms with Gasteiger partial charge in [-0.25, -0.2) is 12.8 Å². The summed E-state index contributed by atoms with van der Waals surface area (Å²) in [6.45, 7) is 5.17. The number of ether oxygens (including phenoxy) is 1. The molecule has 0 heterocycles. The largest absolute Gasteiger partial charge is 0.497 e. The molecule has 39 heavy (non-hydrogen) atoms. The van der Waals surface area contributed by atoms with Gasteiger partial charge in [0, 0.05) is 13.1 Å². The monoisotopic (exact) mass is 555 g/mol. The second-order valence-electron chi connectivity index (χ2n) is 9.46. The quantitative estimate of drug-likeness (QED) is 0.361. The van der Waals surface area contributed by atoms with Gasteiger partial charge in [-0.15, -0.1) is 0 Å². The Morgan fingerprint density at radius 2 is 1.62 bits per heavy atom. The Balaban J connectivity index is 2.02. The van der Waals surface area contributed by atoms with E-state index in [1.807, 2.05) is 13.8 Å². The topological polar surface area (TPSA) is 96.0 Å². The fraction of sp³-hybridized carbons (Fsp3) is 0.310. The van der Waals surface area contributed by atoms with E-state index in [-0.39, 0.29) is 29.0 Å². The Kier molecular flexibility index (Phi) is 10.1. The number of hydrogen-bond donors (Lipinski definition) is 1. The minimum Gasteiger partial charge on any atom is -0.497 e. The van der Waals surface area contributed by atoms with Crippen LogP contribution in [0.2, 0.25) is 0 Å². The molecule has 0 saturated carbocycles. The zero-order valence-electron chi connectivity index (χ0n) is 22.5. The number of methoxy groups -OCH3 is 1. The first-order valence-electron chi connectivity index (χ1n) is 12.6. The third-order valence-electron chi connectivity index (χ3n) is 6.07. The molecule has 0 radical (unpaired) electrons. The van der Waals surface area contributed by atoms with Crippen LogP contribution in [0.15, 0.2) is 83.8 Å². The number of sulfonamides is 1. The van der Waals surface area contributed by atoms with Crippen LogP contribution in [0.5, 0.6) is 5.75 Å². The summed E-state index contributed by atoms with van der Waals surface area (Å²) >= 11 is 0. The van der Waals surface area contributed by atoms with Crippen LogP contribution in [0.25, 0.3) is 0 Å². The Labute approximate surface area is 229 Å². The molecule has 0 fully saturated rings. The van der Waals surface area contributed by atoms with Gasteiger partial charge < -0.3 is 15.0 Å². The molecular formula is C29H34FN3O5S. The molecule has 0 bridgehead atoms. The van der Waals surface area contributed by atoms with Crippen molar-refractivity contribution >= 4 is 27.5 Å². The molecule has 0 aliphatic heterocycles. The third kappa shape index (κ3) is 7.57. The molecule has 3 rings (SSSR count). The molecule has 8 nitrogen and oxygen atoms in total. The van der Waals surface area contributed by atoms with Gasteiger partial charge in [0.1, 0.15) is 24.2 Å². The molecule has 3 aromatic rings. The van der Waals surface area contributed by atoms with Crippen LogP contribution in [0.4, 0.5) is 10.1 Å². The normalized spacial score (nSPS) is 12.1. The molecular weight excluding hydrogens is 521 g/mol. The van der Waals surface area contributed by atoms with E-state index in [2.05, 4.69) is 5.32 Å². The maximum absolute atomic E-state index is 14.9. The number of benzene rings is 3. The lowest BCUT2D eigenvalue weighted by atomic mass is 10.1. The Hall–Kier alpha value is -3.92. The molecule has 0 aliphatic carbocycles. The smallest absolute Gasteiger partial charge is 0.264 e. The van der Waals surface area contributed by atoms with Crippen LogP contribution >= 0.6 is 0 Å². The predicted molar refractivity (Wildman–Crippen MR) is 148 cm³/mol. The zero-order chi connectivity index (χ0) is 28.6. The summed E-state index contributed by atoms with van der Waals surface area (Å²) < 4.78 is 48.3. The summed E-state index contributed by atoms with van der Waals surface area (Å²) in [6, 6.07) is 18.9. The maximum atomic E-state index is 14.9. The average Bonchev–Trinajstić information content (AvgIpc) is 2.93. The second-order valence-corrected chi connectivity index (χ2v) is 11.3. The van der Waals surface area contributed by atoms with Crippen molar-refractivity contribution in [1.82, 2.24) is 10.2 Å². The molecule has 0 aromatic heterocycles. The molecule has 0 spiro atoms. The van der Waals surface area contributed by atoms with E-state index in [0.717, 1.165) is 10.4 Å². The Bertz CT molecular complexity index is 1380. The number of amides is 2. The molecule has 1 atom stereocenters. The van der Waals surface area contributed by atoms with Crippen molar-refractivity contribution in [2.24, 2.45) is 5.92 Å². The van der Waals surface area contributed by atoms with Crippen LogP contribution in [-0.4, -0.2) is 51.4 Å². The van der Waals surface area contributed by atoms with Crippen molar-refractivity contribution in [3.05, 3.63) is 90.2 Å². The van der Waals surface area contributed by atoms with Gasteiger partial charge in [0.15, 0.2) is 0 Å². The van der Waals surface area contributed by atoms with Crippen LogP contribution in [-0.2, 0) is 26.2 Å². The summed E-state index contributed by atoms with van der Waals surface area (Å²) in [6.07, 6.45) is 0. The van der Waals surface area contributed by atoms with E-state index >= 15 is 0 Å². The summed E-state index contributed by atoms with van der Waals surface area (Å²) in [4.78, 5) is 28.1. The van der Waals surface area contributed by atoms with Gasteiger partial charge >= 0.3 is 0 Å². The number of halogens is 1. The van der Waals surface area contributed by atoms with Crippen LogP contribution in [0.3, 0.4) is 0 Å². The van der Waals surface area contributed by atoms with Crippen molar-refractivity contribution in [1.29, 1.82) is 0 Å². The first-order chi connectivity index (χ1) is 18.5. The minimum absolute atomic E-state index is 0.00277. The number of carbonyl (C=O) groups is 2. The van der Waals surface area contributed by atoms with E-state index < -0.39 is 34.3 Å². The van der Waals surface area contributed by atoms with E-state index in [9.17, 15) is 22.4 Å². The number of hydrogen-bond acceptors (Lipinski definition) is 5. The molecule has 10 heteroatoms. The summed E-state index contributed by atoms with van der Waals surface area (Å²) in [5.74, 6) is -1.10. The SMILES string of the molecule is COc1cccc(CN(C(=O)CN(c2ccccc2F)S(=O)(=O)c2ccccc2)[C@H](C)C(=O)NCC(C)C)c1. The summed E-state index contributed by atoms with van der Waals surface area (Å²) in [5.41, 5.74) is 0.405. The molecule has 0 saturated heterocycles. The van der Waals surface area contributed by atoms with Crippen molar-refractivity contribution in [2.75, 3.05) is 24.5 Å². The number of anilines is 1. The minimum atomic E-state index is -4.33. The highest BCUT2D eigenvalue weighted by Crippen LogP contribution is 2.27. The Morgan fingerprint density at radius 1 is 0.949 bits per heavy atom. The summed E-state index contributed by atoms with van der Waals surface area (Å²) in [7, 11) is -2.81. The molecule has 2 amide bonds. The lowest BCUT2D eigenvalue weighted by molar-refractivity contribution is -0.139. The highest BCUT2D eigenvalue weighted by molar-refractivity contribution is 7.92. The second kappa shape index (κ2) is 13.2. The highest BCUT2D eigenvalue weighted by atomic mass is 32.2. The first-order valence-corrected chi connectivity index (χ1v) is 14.0. The van der Waals surface area contributed by atoms with E-state index in [1.54, 1.807) is 49.4 Å². The van der Waals surface area contributed by atoms with Crippen molar-refractivity contribution < 1.29 is 27.1 Å². The van der Waals surface area contributed by atoms with E-state index in [1.165, 1.54) is 42.3 Å². The molecule has 208 valence electrons. The van der Waals surface area contributed by atoms with Crippen molar-refractivity contribution in [2.45, 2.75) is 38.3 Å². The number of nitrogens with one attached hydrogen (secondary N) is 1. The third-order valence-corrected chi connectivity index (χ3v) is 7.84. The van der Waals surface area contributed by atoms with Gasteiger partial charge in [-0.3, -0.25) is 13.9 Å². The fourth-order valence-electron chi connectivity index (χ4n) is 3.89. The predicted octanol–water partition coefficient (Wildman–Crippen LogP) is 4.22. The average molecular weight is 556 g/mol. The first kappa shape index (κ1) is 29.6. The standard InChI is InChI=1S/C29H34FN3O5S/c1-21(2)18-31-29(35)22(3)32(19-23-11-10-12-24(17-23)38-4)28(34)20-33(27-16-9-8-15-26(27)30)39(36,37)25-13-6-5-7-14-25/h5-17,21-22H,18-20H2,1-4H3,(H,31,35)/t22-/m1/s1. The number of carbonyl (C=O) groups excluding carboxylic acids is 2. The number of nitrogens with zero attached hydrogens (tertiary/aromatic N) is 2. The van der Waals surface area contributed by atoms with E-state index in [4.69, 9.17) is 4.74 Å². The fourth-order valence-corrected chi connectivity index (χ4v) is 5.33.